The van der Waals surface area contributed by atoms with Gasteiger partial charge in [-0.25, -0.2) is 0 Å². The Morgan fingerprint density at radius 3 is 1.24 bits per heavy atom. The molecule has 0 heterocycles. The van der Waals surface area contributed by atoms with Crippen molar-refractivity contribution in [3.63, 3.8) is 0 Å². The summed E-state index contributed by atoms with van der Waals surface area (Å²) in [6, 6.07) is 0. The van der Waals surface area contributed by atoms with Crippen molar-refractivity contribution in [2.24, 2.45) is 44.8 Å². The van der Waals surface area contributed by atoms with E-state index in [1.54, 1.807) is 38.5 Å². The molecule has 6 saturated carbocycles. The van der Waals surface area contributed by atoms with Crippen LogP contribution < -0.4 is 0 Å². The van der Waals surface area contributed by atoms with Crippen LogP contribution in [-0.2, 0) is 0 Å². The molecule has 0 N–H and O–H groups in total. The van der Waals surface area contributed by atoms with Crippen molar-refractivity contribution in [1.82, 2.24) is 0 Å². The topological polar surface area (TPSA) is 0 Å². The Balaban J connectivity index is 0.000000256. The predicted octanol–water partition coefficient (Wildman–Crippen LogP) is 13.7. The molecule has 0 saturated heterocycles. The van der Waals surface area contributed by atoms with Crippen molar-refractivity contribution in [2.45, 2.75) is 199 Å². The maximum absolute atomic E-state index is 2.41. The van der Waals surface area contributed by atoms with E-state index in [9.17, 15) is 0 Å². The molecule has 6 aliphatic carbocycles. The molecule has 0 nitrogen and oxygen atoms in total. The highest BCUT2D eigenvalue weighted by molar-refractivity contribution is 5.04. The first-order valence-electron chi connectivity index (χ1n) is 17.8. The molecule has 0 aromatic heterocycles. The molecule has 228 valence electrons. The van der Waals surface area contributed by atoms with Gasteiger partial charge in [0.05, 0.1) is 0 Å². The summed E-state index contributed by atoms with van der Waals surface area (Å²) in [6.45, 7) is 29.0. The fourth-order valence-electron chi connectivity index (χ4n) is 8.39. The van der Waals surface area contributed by atoms with Gasteiger partial charge in [-0.15, -0.1) is 0 Å². The molecule has 0 aromatic carbocycles. The van der Waals surface area contributed by atoms with Gasteiger partial charge in [-0.1, -0.05) is 116 Å². The van der Waals surface area contributed by atoms with Gasteiger partial charge in [0.15, 0.2) is 0 Å². The standard InChI is InChI=1S/2C11H20.C9H16.C3H8.2C2H6/c1-10(2,3)9-5-8-11(9)6-4-7-11;1-10(2,3)9-4-5-11(8-9)6-7-11;1-2-8-6-9(7-8)4-3-5-9;1-3-2;2*1-2/h2*9H,4-8H2,1-3H3;8H,2-7H2,1H3;3H2,1-2H3;2*1-2H3. The van der Waals surface area contributed by atoms with Crippen molar-refractivity contribution in [3.05, 3.63) is 0 Å². The molecule has 2 atom stereocenters. The summed E-state index contributed by atoms with van der Waals surface area (Å²) in [5, 5.41) is 0. The molecule has 0 heteroatoms. The van der Waals surface area contributed by atoms with Gasteiger partial charge in [-0.05, 0) is 128 Å². The van der Waals surface area contributed by atoms with Crippen LogP contribution in [0, 0.1) is 44.8 Å². The van der Waals surface area contributed by atoms with Crippen LogP contribution in [0.4, 0.5) is 0 Å². The molecule has 6 fully saturated rings. The van der Waals surface area contributed by atoms with E-state index in [-0.39, 0.29) is 0 Å². The third-order valence-electron chi connectivity index (χ3n) is 11.4. The monoisotopic (exact) mass is 533 g/mol. The quantitative estimate of drug-likeness (QED) is 0.315. The fourth-order valence-corrected chi connectivity index (χ4v) is 8.39. The zero-order valence-corrected chi connectivity index (χ0v) is 29.3. The minimum absolute atomic E-state index is 0.575. The smallest absolute Gasteiger partial charge is 0.0264 e. The van der Waals surface area contributed by atoms with Crippen LogP contribution in [0.3, 0.4) is 0 Å². The normalized spacial score (nSPS) is 28.3. The summed E-state index contributed by atoms with van der Waals surface area (Å²) in [7, 11) is 0. The molecule has 3 spiro atoms. The summed E-state index contributed by atoms with van der Waals surface area (Å²) in [4.78, 5) is 0. The third kappa shape index (κ3) is 9.54. The molecular formula is C38H76. The molecule has 0 aromatic rings. The second-order valence-electron chi connectivity index (χ2n) is 16.2. The zero-order chi connectivity index (χ0) is 29.3. The molecular weight excluding hydrogens is 456 g/mol. The highest BCUT2D eigenvalue weighted by Crippen LogP contribution is 2.65. The molecule has 38 heavy (non-hydrogen) atoms. The Morgan fingerprint density at radius 1 is 0.553 bits per heavy atom. The summed E-state index contributed by atoms with van der Waals surface area (Å²) < 4.78 is 0. The Hall–Kier alpha value is 0. The summed E-state index contributed by atoms with van der Waals surface area (Å²) in [6.07, 6.45) is 25.8. The van der Waals surface area contributed by atoms with Crippen molar-refractivity contribution < 1.29 is 0 Å². The fraction of sp³-hybridized carbons (Fsp3) is 1.00. The minimum atomic E-state index is 0.575. The zero-order valence-electron chi connectivity index (χ0n) is 29.3. The number of rotatable bonds is 1. The molecule has 0 amide bonds. The second kappa shape index (κ2) is 15.3. The van der Waals surface area contributed by atoms with E-state index in [2.05, 4.69) is 62.3 Å². The van der Waals surface area contributed by atoms with Crippen molar-refractivity contribution in [1.29, 1.82) is 0 Å². The maximum Gasteiger partial charge on any atom is -0.0264 e. The first-order chi connectivity index (χ1) is 17.8. The SMILES string of the molecule is CC.CC.CC(C)(C)C1CCC12CCC2.CC(C)(C)C1CCC2(CC2)C1.CCC.CCC1CC2(CCC2)C1. The predicted molar refractivity (Wildman–Crippen MR) is 175 cm³/mol. The first-order valence-corrected chi connectivity index (χ1v) is 17.8. The largest absolute Gasteiger partial charge is 0.0683 e. The lowest BCUT2D eigenvalue weighted by atomic mass is 9.44. The van der Waals surface area contributed by atoms with Crippen LogP contribution in [0.2, 0.25) is 0 Å². The van der Waals surface area contributed by atoms with Gasteiger partial charge < -0.3 is 0 Å². The lowest BCUT2D eigenvalue weighted by Crippen LogP contribution is -2.51. The van der Waals surface area contributed by atoms with E-state index < -0.39 is 0 Å². The average Bonchev–Trinajstić information content (AvgIpc) is 3.34. The van der Waals surface area contributed by atoms with Crippen LogP contribution in [-0.4, -0.2) is 0 Å². The van der Waals surface area contributed by atoms with Crippen LogP contribution in [0.5, 0.6) is 0 Å². The molecule has 6 rings (SSSR count). The van der Waals surface area contributed by atoms with Crippen LogP contribution in [0.15, 0.2) is 0 Å². The van der Waals surface area contributed by atoms with Gasteiger partial charge in [0.1, 0.15) is 0 Å². The minimum Gasteiger partial charge on any atom is -0.0683 e. The van der Waals surface area contributed by atoms with E-state index in [0.717, 1.165) is 34.0 Å². The molecule has 6 aliphatic rings. The Kier molecular flexibility index (Phi) is 14.5. The van der Waals surface area contributed by atoms with Gasteiger partial charge in [0, 0.05) is 0 Å². The lowest BCUT2D eigenvalue weighted by Gasteiger charge is -2.61. The summed E-state index contributed by atoms with van der Waals surface area (Å²) >= 11 is 0. The van der Waals surface area contributed by atoms with E-state index in [4.69, 9.17) is 0 Å². The van der Waals surface area contributed by atoms with E-state index in [0.29, 0.717) is 10.8 Å². The van der Waals surface area contributed by atoms with Crippen LogP contribution in [0.25, 0.3) is 0 Å². The number of hydrogen-bond acceptors (Lipinski definition) is 0. The lowest BCUT2D eigenvalue weighted by molar-refractivity contribution is -0.104. The Labute approximate surface area is 243 Å². The van der Waals surface area contributed by atoms with Gasteiger partial charge in [0.25, 0.3) is 0 Å². The third-order valence-corrected chi connectivity index (χ3v) is 11.4. The summed E-state index contributed by atoms with van der Waals surface area (Å²) in [5.41, 5.74) is 3.79. The average molecular weight is 533 g/mol. The van der Waals surface area contributed by atoms with Crippen molar-refractivity contribution in [2.75, 3.05) is 0 Å². The van der Waals surface area contributed by atoms with Crippen molar-refractivity contribution >= 4 is 0 Å². The molecule has 0 bridgehead atoms. The van der Waals surface area contributed by atoms with Gasteiger partial charge in [-0.2, -0.15) is 0 Å². The summed E-state index contributed by atoms with van der Waals surface area (Å²) in [5.74, 6) is 3.18. The van der Waals surface area contributed by atoms with E-state index in [1.807, 2.05) is 27.7 Å². The van der Waals surface area contributed by atoms with E-state index in [1.165, 1.54) is 70.6 Å². The van der Waals surface area contributed by atoms with Gasteiger partial charge >= 0.3 is 0 Å². The Morgan fingerprint density at radius 2 is 1.05 bits per heavy atom. The molecule has 0 radical (unpaired) electrons. The first kappa shape index (κ1) is 36.0. The maximum atomic E-state index is 2.41. The van der Waals surface area contributed by atoms with E-state index >= 15 is 0 Å². The van der Waals surface area contributed by atoms with Crippen LogP contribution in [0.1, 0.15) is 199 Å². The highest BCUT2D eigenvalue weighted by Gasteiger charge is 2.54. The van der Waals surface area contributed by atoms with Gasteiger partial charge in [-0.3, -0.25) is 0 Å². The molecule has 2 unspecified atom stereocenters. The van der Waals surface area contributed by atoms with Crippen molar-refractivity contribution in [3.8, 4) is 0 Å². The Bertz CT molecular complexity index is 600. The second-order valence-corrected chi connectivity index (χ2v) is 16.2. The molecule has 0 aliphatic heterocycles. The number of hydrogen-bond donors (Lipinski definition) is 0. The highest BCUT2D eigenvalue weighted by atomic mass is 14.6. The van der Waals surface area contributed by atoms with Gasteiger partial charge in [0.2, 0.25) is 0 Å². The van der Waals surface area contributed by atoms with Crippen LogP contribution >= 0.6 is 0 Å².